The second kappa shape index (κ2) is 4.45. The van der Waals surface area contributed by atoms with Gasteiger partial charge < -0.3 is 0 Å². The van der Waals surface area contributed by atoms with Gasteiger partial charge in [0.15, 0.2) is 0 Å². The second-order valence-corrected chi connectivity index (χ2v) is 4.07. The predicted octanol–water partition coefficient (Wildman–Crippen LogP) is 4.40. The first-order valence-corrected chi connectivity index (χ1v) is 5.18. The zero-order chi connectivity index (χ0) is 9.84. The lowest BCUT2D eigenvalue weighted by molar-refractivity contribution is 0.877. The van der Waals surface area contributed by atoms with Gasteiger partial charge in [0.25, 0.3) is 0 Å². The lowest BCUT2D eigenvalue weighted by Crippen LogP contribution is -1.87. The van der Waals surface area contributed by atoms with Crippen LogP contribution in [0.15, 0.2) is 34.4 Å². The zero-order valence-electron chi connectivity index (χ0n) is 9.28. The van der Waals surface area contributed by atoms with Crippen molar-refractivity contribution in [3.8, 4) is 0 Å². The summed E-state index contributed by atoms with van der Waals surface area (Å²) >= 11 is 0. The molecule has 1 rings (SSSR count). The molecule has 0 saturated carbocycles. The molecule has 0 radical (unpaired) electrons. The van der Waals surface area contributed by atoms with Crippen LogP contribution in [0.2, 0.25) is 0 Å². The molecule has 0 atom stereocenters. The van der Waals surface area contributed by atoms with Crippen LogP contribution in [-0.4, -0.2) is 0 Å². The van der Waals surface area contributed by atoms with Crippen molar-refractivity contribution in [1.29, 1.82) is 0 Å². The van der Waals surface area contributed by atoms with Gasteiger partial charge in [0.05, 0.1) is 0 Å². The molecule has 72 valence electrons. The molecule has 0 aliphatic heterocycles. The van der Waals surface area contributed by atoms with E-state index in [0.29, 0.717) is 0 Å². The normalized spacial score (nSPS) is 15.4. The second-order valence-electron chi connectivity index (χ2n) is 4.07. The summed E-state index contributed by atoms with van der Waals surface area (Å²) in [4.78, 5) is 0. The van der Waals surface area contributed by atoms with E-state index in [1.807, 2.05) is 0 Å². The van der Waals surface area contributed by atoms with Crippen LogP contribution in [0.25, 0.3) is 0 Å². The van der Waals surface area contributed by atoms with Crippen molar-refractivity contribution in [3.63, 3.8) is 0 Å². The molecule has 0 heterocycles. The Bertz CT molecular complexity index is 270. The van der Waals surface area contributed by atoms with E-state index >= 15 is 0 Å². The van der Waals surface area contributed by atoms with Gasteiger partial charge >= 0.3 is 0 Å². The number of hydrogen-bond donors (Lipinski definition) is 0. The Morgan fingerprint density at radius 2 is 1.92 bits per heavy atom. The van der Waals surface area contributed by atoms with Gasteiger partial charge in [0.1, 0.15) is 0 Å². The molecule has 1 aliphatic rings. The van der Waals surface area contributed by atoms with E-state index in [0.717, 1.165) is 0 Å². The highest BCUT2D eigenvalue weighted by Gasteiger charge is 2.09. The summed E-state index contributed by atoms with van der Waals surface area (Å²) in [7, 11) is 0. The fourth-order valence-corrected chi connectivity index (χ4v) is 1.65. The first-order chi connectivity index (χ1) is 6.15. The molecular formula is C13H20. The van der Waals surface area contributed by atoms with Crippen LogP contribution in [0.1, 0.15) is 47.0 Å². The van der Waals surface area contributed by atoms with Crippen LogP contribution in [0, 0.1) is 0 Å². The highest BCUT2D eigenvalue weighted by atomic mass is 14.1. The topological polar surface area (TPSA) is 0 Å². The summed E-state index contributed by atoms with van der Waals surface area (Å²) in [5, 5.41) is 0. The Morgan fingerprint density at radius 3 is 2.46 bits per heavy atom. The van der Waals surface area contributed by atoms with E-state index in [1.165, 1.54) is 36.0 Å². The fourth-order valence-electron chi connectivity index (χ4n) is 1.65. The summed E-state index contributed by atoms with van der Waals surface area (Å²) in [6.45, 7) is 8.85. The van der Waals surface area contributed by atoms with Crippen LogP contribution in [-0.2, 0) is 0 Å². The highest BCUT2D eigenvalue weighted by molar-refractivity contribution is 5.43. The first kappa shape index (κ1) is 10.3. The molecule has 0 aromatic rings. The monoisotopic (exact) mass is 176 g/mol. The standard InChI is InChI=1S/C13H20/c1-5-6-12-7-8-13(9-12)11(4)10(2)3/h7-8H,5-6,9H2,1-4H3. The van der Waals surface area contributed by atoms with E-state index < -0.39 is 0 Å². The zero-order valence-corrected chi connectivity index (χ0v) is 9.28. The van der Waals surface area contributed by atoms with E-state index in [2.05, 4.69) is 39.8 Å². The van der Waals surface area contributed by atoms with Crippen LogP contribution in [0.3, 0.4) is 0 Å². The lowest BCUT2D eigenvalue weighted by Gasteiger charge is -2.06. The quantitative estimate of drug-likeness (QED) is 0.598. The minimum Gasteiger partial charge on any atom is -0.0732 e. The maximum Gasteiger partial charge on any atom is -0.00614 e. The third-order valence-electron chi connectivity index (χ3n) is 2.74. The molecule has 0 nitrogen and oxygen atoms in total. The summed E-state index contributed by atoms with van der Waals surface area (Å²) < 4.78 is 0. The summed E-state index contributed by atoms with van der Waals surface area (Å²) in [5.74, 6) is 0. The lowest BCUT2D eigenvalue weighted by atomic mass is 9.99. The van der Waals surface area contributed by atoms with Gasteiger partial charge in [-0.25, -0.2) is 0 Å². The van der Waals surface area contributed by atoms with Crippen LogP contribution >= 0.6 is 0 Å². The van der Waals surface area contributed by atoms with Crippen molar-refractivity contribution in [3.05, 3.63) is 34.4 Å². The number of rotatable bonds is 3. The van der Waals surface area contributed by atoms with E-state index in [4.69, 9.17) is 0 Å². The van der Waals surface area contributed by atoms with Gasteiger partial charge in [-0.3, -0.25) is 0 Å². The van der Waals surface area contributed by atoms with Gasteiger partial charge in [-0.1, -0.05) is 36.6 Å². The molecule has 0 fully saturated rings. The molecule has 0 unspecified atom stereocenters. The van der Waals surface area contributed by atoms with Crippen molar-refractivity contribution in [1.82, 2.24) is 0 Å². The van der Waals surface area contributed by atoms with Crippen LogP contribution in [0.4, 0.5) is 0 Å². The summed E-state index contributed by atoms with van der Waals surface area (Å²) in [6, 6.07) is 0. The molecule has 0 heteroatoms. The average molecular weight is 176 g/mol. The van der Waals surface area contributed by atoms with Gasteiger partial charge in [-0.2, -0.15) is 0 Å². The molecule has 13 heavy (non-hydrogen) atoms. The van der Waals surface area contributed by atoms with Crippen LogP contribution in [0.5, 0.6) is 0 Å². The minimum atomic E-state index is 1.19. The molecule has 0 aromatic heterocycles. The van der Waals surface area contributed by atoms with Crippen molar-refractivity contribution < 1.29 is 0 Å². The molecular weight excluding hydrogens is 156 g/mol. The Labute approximate surface area is 82.0 Å². The molecule has 0 aromatic carbocycles. The minimum absolute atomic E-state index is 1.19. The maximum atomic E-state index is 2.30. The largest absolute Gasteiger partial charge is 0.0732 e. The Kier molecular flexibility index (Phi) is 3.53. The average Bonchev–Trinajstić information content (AvgIpc) is 2.52. The van der Waals surface area contributed by atoms with E-state index in [9.17, 15) is 0 Å². The maximum absolute atomic E-state index is 2.30. The molecule has 0 saturated heterocycles. The van der Waals surface area contributed by atoms with Gasteiger partial charge in [-0.05, 0) is 44.8 Å². The van der Waals surface area contributed by atoms with Crippen molar-refractivity contribution in [2.24, 2.45) is 0 Å². The number of allylic oxidation sites excluding steroid dienone is 6. The third kappa shape index (κ3) is 2.58. The van der Waals surface area contributed by atoms with Crippen LogP contribution < -0.4 is 0 Å². The van der Waals surface area contributed by atoms with E-state index in [1.54, 1.807) is 5.57 Å². The first-order valence-electron chi connectivity index (χ1n) is 5.18. The highest BCUT2D eigenvalue weighted by Crippen LogP contribution is 2.28. The molecule has 0 amide bonds. The molecule has 0 N–H and O–H groups in total. The number of hydrogen-bond acceptors (Lipinski definition) is 0. The Balaban J connectivity index is 2.59. The summed E-state index contributed by atoms with van der Waals surface area (Å²) in [5.41, 5.74) is 6.03. The van der Waals surface area contributed by atoms with Crippen molar-refractivity contribution in [2.45, 2.75) is 47.0 Å². The smallest absolute Gasteiger partial charge is 0.00614 e. The molecule has 0 bridgehead atoms. The Hall–Kier alpha value is -0.780. The SMILES string of the molecule is CCCC1=CC=C(C(C)=C(C)C)C1. The molecule has 0 spiro atoms. The van der Waals surface area contributed by atoms with Gasteiger partial charge in [0, 0.05) is 0 Å². The van der Waals surface area contributed by atoms with Crippen molar-refractivity contribution in [2.75, 3.05) is 0 Å². The predicted molar refractivity (Wildman–Crippen MR) is 59.7 cm³/mol. The van der Waals surface area contributed by atoms with Gasteiger partial charge in [-0.15, -0.1) is 0 Å². The fraction of sp³-hybridized carbons (Fsp3) is 0.538. The summed E-state index contributed by atoms with van der Waals surface area (Å²) in [6.07, 6.45) is 8.29. The van der Waals surface area contributed by atoms with Gasteiger partial charge in [0.2, 0.25) is 0 Å². The molecule has 1 aliphatic carbocycles. The van der Waals surface area contributed by atoms with Crippen molar-refractivity contribution >= 4 is 0 Å². The third-order valence-corrected chi connectivity index (χ3v) is 2.74. The van der Waals surface area contributed by atoms with E-state index in [-0.39, 0.29) is 0 Å². The Morgan fingerprint density at radius 1 is 1.23 bits per heavy atom.